The normalized spacial score (nSPS) is 10.2. The minimum atomic E-state index is -0.561. The molecule has 0 atom stereocenters. The van der Waals surface area contributed by atoms with Crippen LogP contribution in [-0.4, -0.2) is 13.4 Å². The lowest BCUT2D eigenvalue weighted by Crippen LogP contribution is -2.01. The average Bonchev–Trinajstić information content (AvgIpc) is 2.47. The van der Waals surface area contributed by atoms with E-state index in [1.54, 1.807) is 19.2 Å². The maximum Gasteiger partial charge on any atom is 0.165 e. The predicted octanol–water partition coefficient (Wildman–Crippen LogP) is 3.99. The number of rotatable bonds is 5. The quantitative estimate of drug-likeness (QED) is 0.773. The fourth-order valence-electron chi connectivity index (χ4n) is 1.71. The molecule has 2 rings (SSSR count). The van der Waals surface area contributed by atoms with Crippen molar-refractivity contribution in [2.75, 3.05) is 7.11 Å². The number of para-hydroxylation sites is 1. The second-order valence-corrected chi connectivity index (χ2v) is 4.88. The monoisotopic (exact) mass is 338 g/mol. The zero-order valence-corrected chi connectivity index (χ0v) is 12.3. The van der Waals surface area contributed by atoms with Crippen LogP contribution in [0.15, 0.2) is 40.9 Å². The molecule has 2 aromatic rings. The lowest BCUT2D eigenvalue weighted by Gasteiger charge is -2.11. The van der Waals surface area contributed by atoms with Crippen LogP contribution in [0.4, 0.5) is 4.39 Å². The van der Waals surface area contributed by atoms with Gasteiger partial charge in [-0.2, -0.15) is 0 Å². The van der Waals surface area contributed by atoms with Crippen LogP contribution < -0.4 is 9.47 Å². The lowest BCUT2D eigenvalue weighted by atomic mass is 10.2. The first kappa shape index (κ1) is 14.5. The van der Waals surface area contributed by atoms with Crippen molar-refractivity contribution < 1.29 is 18.7 Å². The standard InChI is InChI=1S/C15H12BrFO3/c1-19-12-5-6-13(16)11(7-12)9-20-15-10(8-18)3-2-4-14(15)17/h2-8H,9H2,1H3. The highest BCUT2D eigenvalue weighted by Crippen LogP contribution is 2.26. The summed E-state index contributed by atoms with van der Waals surface area (Å²) in [4.78, 5) is 10.9. The summed E-state index contributed by atoms with van der Waals surface area (Å²) in [5.41, 5.74) is 0.980. The third-order valence-corrected chi connectivity index (χ3v) is 3.52. The van der Waals surface area contributed by atoms with Crippen molar-refractivity contribution in [2.45, 2.75) is 6.61 Å². The Balaban J connectivity index is 2.23. The Morgan fingerprint density at radius 3 is 2.80 bits per heavy atom. The number of ether oxygens (including phenoxy) is 2. The molecule has 0 aliphatic heterocycles. The van der Waals surface area contributed by atoms with E-state index in [9.17, 15) is 9.18 Å². The summed E-state index contributed by atoms with van der Waals surface area (Å²) in [7, 11) is 1.56. The second kappa shape index (κ2) is 6.52. The Hall–Kier alpha value is -1.88. The number of halogens is 2. The van der Waals surface area contributed by atoms with Gasteiger partial charge in [0.1, 0.15) is 12.4 Å². The zero-order chi connectivity index (χ0) is 14.5. The van der Waals surface area contributed by atoms with Crippen molar-refractivity contribution in [1.82, 2.24) is 0 Å². The third-order valence-electron chi connectivity index (χ3n) is 2.75. The molecule has 0 heterocycles. The van der Waals surface area contributed by atoms with Crippen LogP contribution in [0.5, 0.6) is 11.5 Å². The first-order chi connectivity index (χ1) is 9.65. The third kappa shape index (κ3) is 3.17. The molecule has 0 aliphatic rings. The lowest BCUT2D eigenvalue weighted by molar-refractivity contribution is 0.111. The summed E-state index contributed by atoms with van der Waals surface area (Å²) < 4.78 is 25.0. The Labute approximate surface area is 124 Å². The topological polar surface area (TPSA) is 35.5 Å². The molecular formula is C15H12BrFO3. The van der Waals surface area contributed by atoms with E-state index in [0.29, 0.717) is 12.0 Å². The smallest absolute Gasteiger partial charge is 0.165 e. The Morgan fingerprint density at radius 1 is 1.30 bits per heavy atom. The van der Waals surface area contributed by atoms with Gasteiger partial charge in [0.15, 0.2) is 17.9 Å². The molecule has 5 heteroatoms. The largest absolute Gasteiger partial charge is 0.497 e. The van der Waals surface area contributed by atoms with E-state index in [0.717, 1.165) is 10.0 Å². The zero-order valence-electron chi connectivity index (χ0n) is 10.7. The van der Waals surface area contributed by atoms with Crippen LogP contribution in [0.25, 0.3) is 0 Å². The molecule has 0 N–H and O–H groups in total. The SMILES string of the molecule is COc1ccc(Br)c(COc2c(F)cccc2C=O)c1. The molecule has 0 amide bonds. The number of carbonyl (C=O) groups excluding carboxylic acids is 1. The molecule has 0 saturated carbocycles. The van der Waals surface area contributed by atoms with Gasteiger partial charge in [-0.25, -0.2) is 4.39 Å². The summed E-state index contributed by atoms with van der Waals surface area (Å²) in [6.07, 6.45) is 0.568. The molecule has 0 bridgehead atoms. The van der Waals surface area contributed by atoms with Crippen molar-refractivity contribution in [3.05, 3.63) is 57.8 Å². The van der Waals surface area contributed by atoms with Gasteiger partial charge in [0.25, 0.3) is 0 Å². The highest BCUT2D eigenvalue weighted by atomic mass is 79.9. The van der Waals surface area contributed by atoms with Gasteiger partial charge in [0.2, 0.25) is 0 Å². The van der Waals surface area contributed by atoms with Crippen LogP contribution >= 0.6 is 15.9 Å². The van der Waals surface area contributed by atoms with Gasteiger partial charge < -0.3 is 9.47 Å². The van der Waals surface area contributed by atoms with Crippen LogP contribution in [0, 0.1) is 5.82 Å². The maximum atomic E-state index is 13.7. The molecule has 0 saturated heterocycles. The van der Waals surface area contributed by atoms with Crippen LogP contribution in [0.3, 0.4) is 0 Å². The first-order valence-electron chi connectivity index (χ1n) is 5.84. The summed E-state index contributed by atoms with van der Waals surface area (Å²) in [6, 6.07) is 9.63. The molecule has 20 heavy (non-hydrogen) atoms. The van der Waals surface area contributed by atoms with Gasteiger partial charge in [-0.15, -0.1) is 0 Å². The average molecular weight is 339 g/mol. The number of benzene rings is 2. The maximum absolute atomic E-state index is 13.7. The number of aldehydes is 1. The Morgan fingerprint density at radius 2 is 2.10 bits per heavy atom. The van der Waals surface area contributed by atoms with E-state index in [2.05, 4.69) is 15.9 Å². The van der Waals surface area contributed by atoms with Gasteiger partial charge in [0.05, 0.1) is 12.7 Å². The molecule has 0 radical (unpaired) electrons. The van der Waals surface area contributed by atoms with E-state index >= 15 is 0 Å². The summed E-state index contributed by atoms with van der Waals surface area (Å²) in [6.45, 7) is 0.125. The van der Waals surface area contributed by atoms with E-state index in [1.165, 1.54) is 18.2 Å². The minimum absolute atomic E-state index is 0.0442. The highest BCUT2D eigenvalue weighted by molar-refractivity contribution is 9.10. The van der Waals surface area contributed by atoms with Crippen LogP contribution in [-0.2, 0) is 6.61 Å². The Bertz CT molecular complexity index is 629. The number of hydrogen-bond acceptors (Lipinski definition) is 3. The summed E-state index contributed by atoms with van der Waals surface area (Å²) >= 11 is 3.39. The van der Waals surface area contributed by atoms with E-state index < -0.39 is 5.82 Å². The summed E-state index contributed by atoms with van der Waals surface area (Å²) in [5.74, 6) is 0.0711. The van der Waals surface area contributed by atoms with E-state index in [1.807, 2.05) is 6.07 Å². The molecular weight excluding hydrogens is 327 g/mol. The molecule has 0 spiro atoms. The van der Waals surface area contributed by atoms with E-state index in [4.69, 9.17) is 9.47 Å². The molecule has 3 nitrogen and oxygen atoms in total. The first-order valence-corrected chi connectivity index (χ1v) is 6.64. The van der Waals surface area contributed by atoms with Gasteiger partial charge in [-0.3, -0.25) is 4.79 Å². The fraction of sp³-hybridized carbons (Fsp3) is 0.133. The van der Waals surface area contributed by atoms with Gasteiger partial charge in [-0.1, -0.05) is 22.0 Å². The number of methoxy groups -OCH3 is 1. The van der Waals surface area contributed by atoms with Gasteiger partial charge >= 0.3 is 0 Å². The van der Waals surface area contributed by atoms with Crippen molar-refractivity contribution >= 4 is 22.2 Å². The van der Waals surface area contributed by atoms with Crippen molar-refractivity contribution in [2.24, 2.45) is 0 Å². The van der Waals surface area contributed by atoms with Crippen LogP contribution in [0.1, 0.15) is 15.9 Å². The van der Waals surface area contributed by atoms with Gasteiger partial charge in [0, 0.05) is 10.0 Å². The van der Waals surface area contributed by atoms with Crippen molar-refractivity contribution in [3.63, 3.8) is 0 Å². The minimum Gasteiger partial charge on any atom is -0.497 e. The van der Waals surface area contributed by atoms with Crippen molar-refractivity contribution in [3.8, 4) is 11.5 Å². The molecule has 0 unspecified atom stereocenters. The molecule has 0 aromatic heterocycles. The number of carbonyl (C=O) groups is 1. The molecule has 2 aromatic carbocycles. The highest BCUT2D eigenvalue weighted by Gasteiger charge is 2.11. The second-order valence-electron chi connectivity index (χ2n) is 4.02. The fourth-order valence-corrected chi connectivity index (χ4v) is 2.07. The van der Waals surface area contributed by atoms with Gasteiger partial charge in [-0.05, 0) is 30.3 Å². The molecule has 104 valence electrons. The molecule has 0 aliphatic carbocycles. The number of hydrogen-bond donors (Lipinski definition) is 0. The summed E-state index contributed by atoms with van der Waals surface area (Å²) in [5, 5.41) is 0. The van der Waals surface area contributed by atoms with Crippen molar-refractivity contribution in [1.29, 1.82) is 0 Å². The van der Waals surface area contributed by atoms with E-state index in [-0.39, 0.29) is 17.9 Å². The van der Waals surface area contributed by atoms with Crippen LogP contribution in [0.2, 0.25) is 0 Å². The predicted molar refractivity (Wildman–Crippen MR) is 76.8 cm³/mol. The molecule has 0 fully saturated rings. The Kier molecular flexibility index (Phi) is 4.74.